The van der Waals surface area contributed by atoms with E-state index in [-0.39, 0.29) is 5.56 Å². The Bertz CT molecular complexity index is 770. The number of anilines is 1. The van der Waals surface area contributed by atoms with Crippen molar-refractivity contribution in [3.63, 3.8) is 0 Å². The standard InChI is InChI=1S/C15H18FN3O3S/c16-14-4-2-1-3-13(14)11-23(20,21)18-15-5-7-17-19(15)9-12-6-8-22-10-12/h1-5,7,12,18H,6,8-11H2. The number of hydrogen-bond donors (Lipinski definition) is 1. The van der Waals surface area contributed by atoms with Crippen LogP contribution in [0.5, 0.6) is 0 Å². The summed E-state index contributed by atoms with van der Waals surface area (Å²) in [6.07, 6.45) is 2.47. The van der Waals surface area contributed by atoms with E-state index in [0.29, 0.717) is 24.9 Å². The van der Waals surface area contributed by atoms with E-state index in [1.54, 1.807) is 16.8 Å². The molecule has 0 amide bonds. The number of nitrogens with zero attached hydrogens (tertiary/aromatic N) is 2. The fourth-order valence-electron chi connectivity index (χ4n) is 2.55. The predicted octanol–water partition coefficient (Wildman–Crippen LogP) is 2.00. The number of aromatic nitrogens is 2. The van der Waals surface area contributed by atoms with Crippen LogP contribution in [-0.4, -0.2) is 31.4 Å². The van der Waals surface area contributed by atoms with Crippen LogP contribution < -0.4 is 4.72 Å². The first-order valence-corrected chi connectivity index (χ1v) is 9.02. The summed E-state index contributed by atoms with van der Waals surface area (Å²) in [6.45, 7) is 1.96. The Morgan fingerprint density at radius 3 is 2.91 bits per heavy atom. The van der Waals surface area contributed by atoms with Gasteiger partial charge < -0.3 is 4.74 Å². The highest BCUT2D eigenvalue weighted by atomic mass is 32.2. The smallest absolute Gasteiger partial charge is 0.238 e. The molecular weight excluding hydrogens is 321 g/mol. The minimum absolute atomic E-state index is 0.134. The van der Waals surface area contributed by atoms with Gasteiger partial charge in [0.05, 0.1) is 18.6 Å². The molecule has 0 aliphatic carbocycles. The number of hydrogen-bond acceptors (Lipinski definition) is 4. The highest BCUT2D eigenvalue weighted by Gasteiger charge is 2.20. The van der Waals surface area contributed by atoms with Gasteiger partial charge in [0, 0.05) is 30.7 Å². The molecule has 1 fully saturated rings. The van der Waals surface area contributed by atoms with Gasteiger partial charge >= 0.3 is 0 Å². The minimum Gasteiger partial charge on any atom is -0.381 e. The van der Waals surface area contributed by atoms with E-state index in [2.05, 4.69) is 9.82 Å². The van der Waals surface area contributed by atoms with Gasteiger partial charge in [0.25, 0.3) is 0 Å². The summed E-state index contributed by atoms with van der Waals surface area (Å²) < 4.78 is 47.6. The van der Waals surface area contributed by atoms with Gasteiger partial charge in [0.2, 0.25) is 10.0 Å². The Hall–Kier alpha value is -1.93. The Balaban J connectivity index is 1.71. The van der Waals surface area contributed by atoms with Crippen LogP contribution in [0.4, 0.5) is 10.2 Å². The van der Waals surface area contributed by atoms with Gasteiger partial charge in [-0.25, -0.2) is 17.5 Å². The molecule has 0 saturated carbocycles. The second-order valence-electron chi connectivity index (χ2n) is 5.58. The molecule has 1 aliphatic heterocycles. The molecule has 0 bridgehead atoms. The SMILES string of the molecule is O=S(=O)(Cc1ccccc1F)Nc1ccnn1CC1CCOC1. The normalized spacial score (nSPS) is 18.2. The number of benzene rings is 1. The quantitative estimate of drug-likeness (QED) is 0.874. The van der Waals surface area contributed by atoms with Gasteiger partial charge in [0.15, 0.2) is 0 Å². The van der Waals surface area contributed by atoms with Crippen molar-refractivity contribution in [3.8, 4) is 0 Å². The zero-order valence-electron chi connectivity index (χ0n) is 12.5. The van der Waals surface area contributed by atoms with Crippen molar-refractivity contribution >= 4 is 15.8 Å². The summed E-state index contributed by atoms with van der Waals surface area (Å²) >= 11 is 0. The molecule has 2 aromatic rings. The lowest BCUT2D eigenvalue weighted by Crippen LogP contribution is -2.20. The van der Waals surface area contributed by atoms with Crippen molar-refractivity contribution in [2.45, 2.75) is 18.7 Å². The van der Waals surface area contributed by atoms with E-state index in [9.17, 15) is 12.8 Å². The summed E-state index contributed by atoms with van der Waals surface area (Å²) in [7, 11) is -3.72. The Morgan fingerprint density at radius 2 is 2.17 bits per heavy atom. The zero-order valence-corrected chi connectivity index (χ0v) is 13.3. The first kappa shape index (κ1) is 15.9. The lowest BCUT2D eigenvalue weighted by molar-refractivity contribution is 0.181. The monoisotopic (exact) mass is 339 g/mol. The average Bonchev–Trinajstić information content (AvgIpc) is 3.14. The molecule has 1 saturated heterocycles. The van der Waals surface area contributed by atoms with Crippen LogP contribution in [0.15, 0.2) is 36.5 Å². The molecule has 23 heavy (non-hydrogen) atoms. The first-order chi connectivity index (χ1) is 11.0. The number of rotatable bonds is 6. The Labute approximate surface area is 134 Å². The van der Waals surface area contributed by atoms with Crippen LogP contribution in [-0.2, 0) is 27.1 Å². The summed E-state index contributed by atoms with van der Waals surface area (Å²) in [5.41, 5.74) is 0.134. The molecule has 6 nitrogen and oxygen atoms in total. The van der Waals surface area contributed by atoms with E-state index < -0.39 is 21.6 Å². The highest BCUT2D eigenvalue weighted by molar-refractivity contribution is 7.91. The van der Waals surface area contributed by atoms with E-state index >= 15 is 0 Å². The van der Waals surface area contributed by atoms with Crippen molar-refractivity contribution in [1.29, 1.82) is 0 Å². The van der Waals surface area contributed by atoms with Crippen molar-refractivity contribution in [2.24, 2.45) is 5.92 Å². The molecule has 0 spiro atoms. The third-order valence-corrected chi connectivity index (χ3v) is 4.95. The molecule has 1 aromatic carbocycles. The summed E-state index contributed by atoms with van der Waals surface area (Å²) in [5, 5.41) is 4.15. The van der Waals surface area contributed by atoms with Gasteiger partial charge in [-0.3, -0.25) is 4.72 Å². The Morgan fingerprint density at radius 1 is 1.35 bits per heavy atom. The fourth-order valence-corrected chi connectivity index (χ4v) is 3.76. The van der Waals surface area contributed by atoms with E-state index in [4.69, 9.17) is 4.74 Å². The average molecular weight is 339 g/mol. The zero-order chi connectivity index (χ0) is 16.3. The van der Waals surface area contributed by atoms with Gasteiger partial charge in [-0.05, 0) is 12.5 Å². The molecule has 1 unspecified atom stereocenters. The third kappa shape index (κ3) is 4.08. The van der Waals surface area contributed by atoms with Crippen LogP contribution in [0.1, 0.15) is 12.0 Å². The number of halogens is 1. The highest BCUT2D eigenvalue weighted by Crippen LogP contribution is 2.19. The molecule has 8 heteroatoms. The maximum Gasteiger partial charge on any atom is 0.238 e. The summed E-state index contributed by atoms with van der Waals surface area (Å²) in [5.74, 6) is -0.246. The minimum atomic E-state index is -3.72. The largest absolute Gasteiger partial charge is 0.381 e. The molecule has 1 atom stereocenters. The molecule has 1 N–H and O–H groups in total. The van der Waals surface area contributed by atoms with Crippen LogP contribution in [0.25, 0.3) is 0 Å². The van der Waals surface area contributed by atoms with Crippen LogP contribution in [0, 0.1) is 11.7 Å². The number of sulfonamides is 1. The fraction of sp³-hybridized carbons (Fsp3) is 0.400. The molecule has 124 valence electrons. The molecule has 1 aliphatic rings. The molecule has 0 radical (unpaired) electrons. The van der Waals surface area contributed by atoms with Crippen molar-refractivity contribution in [2.75, 3.05) is 17.9 Å². The lowest BCUT2D eigenvalue weighted by Gasteiger charge is -2.13. The first-order valence-electron chi connectivity index (χ1n) is 7.37. The second-order valence-corrected chi connectivity index (χ2v) is 7.30. The Kier molecular flexibility index (Phi) is 4.63. The second kappa shape index (κ2) is 6.67. The predicted molar refractivity (Wildman–Crippen MR) is 83.8 cm³/mol. The third-order valence-electron chi connectivity index (χ3n) is 3.74. The van der Waals surface area contributed by atoms with Gasteiger partial charge in [-0.1, -0.05) is 18.2 Å². The number of ether oxygens (including phenoxy) is 1. The van der Waals surface area contributed by atoms with Crippen molar-refractivity contribution < 1.29 is 17.5 Å². The lowest BCUT2D eigenvalue weighted by atomic mass is 10.1. The molecule has 1 aromatic heterocycles. The molecular formula is C15H18FN3O3S. The van der Waals surface area contributed by atoms with E-state index in [1.165, 1.54) is 24.4 Å². The van der Waals surface area contributed by atoms with Gasteiger partial charge in [-0.2, -0.15) is 5.10 Å². The maximum absolute atomic E-state index is 13.6. The van der Waals surface area contributed by atoms with Gasteiger partial charge in [0.1, 0.15) is 11.6 Å². The van der Waals surface area contributed by atoms with Crippen molar-refractivity contribution in [1.82, 2.24) is 9.78 Å². The molecule has 2 heterocycles. The summed E-state index contributed by atoms with van der Waals surface area (Å²) in [4.78, 5) is 0. The van der Waals surface area contributed by atoms with Crippen LogP contribution in [0.2, 0.25) is 0 Å². The topological polar surface area (TPSA) is 73.2 Å². The summed E-state index contributed by atoms with van der Waals surface area (Å²) in [6, 6.07) is 7.43. The van der Waals surface area contributed by atoms with Crippen LogP contribution in [0.3, 0.4) is 0 Å². The van der Waals surface area contributed by atoms with Gasteiger partial charge in [-0.15, -0.1) is 0 Å². The van der Waals surface area contributed by atoms with Crippen molar-refractivity contribution in [3.05, 3.63) is 47.9 Å². The maximum atomic E-state index is 13.6. The van der Waals surface area contributed by atoms with E-state index in [1.807, 2.05) is 0 Å². The van der Waals surface area contributed by atoms with E-state index in [0.717, 1.165) is 13.0 Å². The molecule has 3 rings (SSSR count). The van der Waals surface area contributed by atoms with Crippen LogP contribution >= 0.6 is 0 Å². The number of nitrogens with one attached hydrogen (secondary N) is 1.